The van der Waals surface area contributed by atoms with Crippen molar-refractivity contribution < 1.29 is 9.53 Å². The summed E-state index contributed by atoms with van der Waals surface area (Å²) in [6.45, 7) is 6.77. The van der Waals surface area contributed by atoms with Crippen molar-refractivity contribution in [1.29, 1.82) is 0 Å². The lowest BCUT2D eigenvalue weighted by Gasteiger charge is -2.19. The first-order chi connectivity index (χ1) is 10.2. The van der Waals surface area contributed by atoms with E-state index in [2.05, 4.69) is 11.9 Å². The van der Waals surface area contributed by atoms with E-state index in [-0.39, 0.29) is 5.91 Å². The number of nitrogens with zero attached hydrogens (tertiary/aromatic N) is 1. The van der Waals surface area contributed by atoms with Crippen LogP contribution in [0.5, 0.6) is 5.75 Å². The lowest BCUT2D eigenvalue weighted by Crippen LogP contribution is -2.28. The molecule has 1 aromatic rings. The minimum atomic E-state index is 0.218. The van der Waals surface area contributed by atoms with Crippen LogP contribution in [-0.2, 0) is 11.3 Å². The predicted octanol–water partition coefficient (Wildman–Crippen LogP) is 2.21. The second-order valence-corrected chi connectivity index (χ2v) is 5.56. The summed E-state index contributed by atoms with van der Waals surface area (Å²) in [4.78, 5) is 14.0. The highest BCUT2D eigenvalue weighted by atomic mass is 16.5. The SMILES string of the molecule is C=CCOc1ccc(CN(C)C(=O)CC2CCNC2)cc1. The number of benzene rings is 1. The fourth-order valence-electron chi connectivity index (χ4n) is 2.50. The fraction of sp³-hybridized carbons (Fsp3) is 0.471. The van der Waals surface area contributed by atoms with Gasteiger partial charge in [-0.2, -0.15) is 0 Å². The van der Waals surface area contributed by atoms with Crippen LogP contribution in [0, 0.1) is 5.92 Å². The quantitative estimate of drug-likeness (QED) is 0.782. The molecule has 4 heteroatoms. The predicted molar refractivity (Wildman–Crippen MR) is 84.2 cm³/mol. The molecule has 0 radical (unpaired) electrons. The normalized spacial score (nSPS) is 17.5. The number of hydrogen-bond donors (Lipinski definition) is 1. The number of amides is 1. The molecular weight excluding hydrogens is 264 g/mol. The Bertz CT molecular complexity index is 464. The maximum Gasteiger partial charge on any atom is 0.222 e. The van der Waals surface area contributed by atoms with Gasteiger partial charge in [0.05, 0.1) is 0 Å². The van der Waals surface area contributed by atoms with Gasteiger partial charge >= 0.3 is 0 Å². The Morgan fingerprint density at radius 3 is 2.86 bits per heavy atom. The molecule has 0 bridgehead atoms. The molecule has 0 saturated carbocycles. The first-order valence-corrected chi connectivity index (χ1v) is 7.46. The Labute approximate surface area is 126 Å². The molecule has 1 aromatic carbocycles. The minimum absolute atomic E-state index is 0.218. The zero-order chi connectivity index (χ0) is 15.1. The molecule has 114 valence electrons. The second kappa shape index (κ2) is 7.84. The monoisotopic (exact) mass is 288 g/mol. The Hall–Kier alpha value is -1.81. The Morgan fingerprint density at radius 1 is 1.48 bits per heavy atom. The maximum atomic E-state index is 12.2. The first-order valence-electron chi connectivity index (χ1n) is 7.46. The van der Waals surface area contributed by atoms with Crippen LogP contribution in [0.25, 0.3) is 0 Å². The molecule has 1 fully saturated rings. The minimum Gasteiger partial charge on any atom is -0.490 e. The lowest BCUT2D eigenvalue weighted by molar-refractivity contribution is -0.131. The van der Waals surface area contributed by atoms with Gasteiger partial charge in [-0.3, -0.25) is 4.79 Å². The van der Waals surface area contributed by atoms with E-state index in [1.54, 1.807) is 11.0 Å². The number of ether oxygens (including phenoxy) is 1. The first kappa shape index (κ1) is 15.6. The summed E-state index contributed by atoms with van der Waals surface area (Å²) in [7, 11) is 1.87. The molecule has 1 aliphatic rings. The van der Waals surface area contributed by atoms with Gasteiger partial charge in [0.25, 0.3) is 0 Å². The standard InChI is InChI=1S/C17H24N2O2/c1-3-10-21-16-6-4-14(5-7-16)13-19(2)17(20)11-15-8-9-18-12-15/h3-7,15,18H,1,8-13H2,2H3. The van der Waals surface area contributed by atoms with E-state index >= 15 is 0 Å². The van der Waals surface area contributed by atoms with Crippen molar-refractivity contribution >= 4 is 5.91 Å². The average molecular weight is 288 g/mol. The summed E-state index contributed by atoms with van der Waals surface area (Å²) in [6.07, 6.45) is 3.47. The van der Waals surface area contributed by atoms with Crippen LogP contribution in [0.3, 0.4) is 0 Å². The van der Waals surface area contributed by atoms with Crippen molar-refractivity contribution in [2.45, 2.75) is 19.4 Å². The van der Waals surface area contributed by atoms with Crippen LogP contribution in [-0.4, -0.2) is 37.6 Å². The molecule has 1 amide bonds. The van der Waals surface area contributed by atoms with Gasteiger partial charge < -0.3 is 15.0 Å². The van der Waals surface area contributed by atoms with Gasteiger partial charge in [-0.25, -0.2) is 0 Å². The van der Waals surface area contributed by atoms with Crippen molar-refractivity contribution in [1.82, 2.24) is 10.2 Å². The third kappa shape index (κ3) is 4.90. The van der Waals surface area contributed by atoms with Gasteiger partial charge in [0.15, 0.2) is 0 Å². The van der Waals surface area contributed by atoms with Gasteiger partial charge in [-0.1, -0.05) is 24.8 Å². The van der Waals surface area contributed by atoms with E-state index in [0.717, 1.165) is 30.8 Å². The summed E-state index contributed by atoms with van der Waals surface area (Å²) < 4.78 is 5.45. The molecule has 1 aliphatic heterocycles. The average Bonchev–Trinajstić information content (AvgIpc) is 2.99. The molecule has 0 aromatic heterocycles. The molecule has 1 unspecified atom stereocenters. The zero-order valence-electron chi connectivity index (χ0n) is 12.7. The van der Waals surface area contributed by atoms with Gasteiger partial charge in [0.2, 0.25) is 5.91 Å². The molecular formula is C17H24N2O2. The van der Waals surface area contributed by atoms with Crippen molar-refractivity contribution in [3.05, 3.63) is 42.5 Å². The Kier molecular flexibility index (Phi) is 5.81. The number of rotatable bonds is 7. The number of nitrogens with one attached hydrogen (secondary N) is 1. The summed E-state index contributed by atoms with van der Waals surface area (Å²) in [5, 5.41) is 3.30. The highest BCUT2D eigenvalue weighted by molar-refractivity contribution is 5.76. The number of hydrogen-bond acceptors (Lipinski definition) is 3. The fourth-order valence-corrected chi connectivity index (χ4v) is 2.50. The zero-order valence-corrected chi connectivity index (χ0v) is 12.7. The molecule has 21 heavy (non-hydrogen) atoms. The van der Waals surface area contributed by atoms with Crippen LogP contribution in [0.2, 0.25) is 0 Å². The van der Waals surface area contributed by atoms with Gasteiger partial charge in [-0.05, 0) is 43.1 Å². The molecule has 1 atom stereocenters. The lowest BCUT2D eigenvalue weighted by atomic mass is 10.0. The van der Waals surface area contributed by atoms with E-state index in [4.69, 9.17) is 4.74 Å². The molecule has 1 heterocycles. The Morgan fingerprint density at radius 2 is 2.24 bits per heavy atom. The highest BCUT2D eigenvalue weighted by Crippen LogP contribution is 2.16. The van der Waals surface area contributed by atoms with E-state index in [1.807, 2.05) is 31.3 Å². The van der Waals surface area contributed by atoms with E-state index in [9.17, 15) is 4.79 Å². The van der Waals surface area contributed by atoms with Crippen LogP contribution < -0.4 is 10.1 Å². The van der Waals surface area contributed by atoms with Crippen LogP contribution in [0.4, 0.5) is 0 Å². The smallest absolute Gasteiger partial charge is 0.222 e. The van der Waals surface area contributed by atoms with Gasteiger partial charge in [0.1, 0.15) is 12.4 Å². The van der Waals surface area contributed by atoms with Crippen LogP contribution in [0.1, 0.15) is 18.4 Å². The second-order valence-electron chi connectivity index (χ2n) is 5.56. The van der Waals surface area contributed by atoms with Crippen molar-refractivity contribution in [3.8, 4) is 5.75 Å². The molecule has 2 rings (SSSR count). The summed E-state index contributed by atoms with van der Waals surface area (Å²) in [5.41, 5.74) is 1.11. The van der Waals surface area contributed by atoms with Crippen LogP contribution in [0.15, 0.2) is 36.9 Å². The highest BCUT2D eigenvalue weighted by Gasteiger charge is 2.20. The molecule has 4 nitrogen and oxygen atoms in total. The van der Waals surface area contributed by atoms with Crippen LogP contribution >= 0.6 is 0 Å². The number of carbonyl (C=O) groups is 1. The third-order valence-electron chi connectivity index (χ3n) is 3.76. The third-order valence-corrected chi connectivity index (χ3v) is 3.76. The van der Waals surface area contributed by atoms with Crippen molar-refractivity contribution in [3.63, 3.8) is 0 Å². The van der Waals surface area contributed by atoms with E-state index < -0.39 is 0 Å². The number of carbonyl (C=O) groups excluding carboxylic acids is 1. The van der Waals surface area contributed by atoms with Gasteiger partial charge in [-0.15, -0.1) is 0 Å². The largest absolute Gasteiger partial charge is 0.490 e. The summed E-state index contributed by atoms with van der Waals surface area (Å²) >= 11 is 0. The van der Waals surface area contributed by atoms with E-state index in [1.165, 1.54) is 0 Å². The van der Waals surface area contributed by atoms with Crippen molar-refractivity contribution in [2.75, 3.05) is 26.7 Å². The van der Waals surface area contributed by atoms with Gasteiger partial charge in [0, 0.05) is 20.0 Å². The summed E-state index contributed by atoms with van der Waals surface area (Å²) in [6, 6.07) is 7.86. The molecule has 1 N–H and O–H groups in total. The molecule has 0 aliphatic carbocycles. The Balaban J connectivity index is 1.81. The van der Waals surface area contributed by atoms with E-state index in [0.29, 0.717) is 25.5 Å². The topological polar surface area (TPSA) is 41.6 Å². The maximum absolute atomic E-state index is 12.2. The molecule has 1 saturated heterocycles. The summed E-state index contributed by atoms with van der Waals surface area (Å²) in [5.74, 6) is 1.54. The van der Waals surface area contributed by atoms with Crippen molar-refractivity contribution in [2.24, 2.45) is 5.92 Å². The molecule has 0 spiro atoms.